The minimum atomic E-state index is -1.12. The molecule has 0 atom stereocenters. The summed E-state index contributed by atoms with van der Waals surface area (Å²) in [7, 11) is 2.87. The van der Waals surface area contributed by atoms with E-state index in [1.54, 1.807) is 24.5 Å². The third kappa shape index (κ3) is 2.61. The van der Waals surface area contributed by atoms with Gasteiger partial charge in [0.1, 0.15) is 11.4 Å². The van der Waals surface area contributed by atoms with Gasteiger partial charge in [-0.25, -0.2) is 9.78 Å². The van der Waals surface area contributed by atoms with E-state index in [1.165, 1.54) is 14.2 Å². The number of aryl methyl sites for hydroxylation is 2. The number of aromatic carboxylic acids is 1. The van der Waals surface area contributed by atoms with Gasteiger partial charge in [-0.2, -0.15) is 5.10 Å². The number of hydrogen-bond donors (Lipinski definition) is 2. The number of benzene rings is 1. The molecule has 8 nitrogen and oxygen atoms in total. The second-order valence-electron chi connectivity index (χ2n) is 5.43. The Morgan fingerprint density at radius 1 is 1.24 bits per heavy atom. The molecule has 0 spiro atoms. The standard InChI is InChI=1S/C17H18N4O4/c1-9-14(10(2)20-19-9)21-8-7-18-16(21)11-5-6-12(24-3)15(25-4)13(11)17(22)23/h5-8H,1-4H3,(H,19,20)(H,22,23). The van der Waals surface area contributed by atoms with Crippen molar-refractivity contribution in [2.75, 3.05) is 14.2 Å². The molecule has 0 fully saturated rings. The number of imidazole rings is 1. The molecule has 0 bridgehead atoms. The van der Waals surface area contributed by atoms with Crippen LogP contribution in [0.3, 0.4) is 0 Å². The Bertz CT molecular complexity index is 923. The Morgan fingerprint density at radius 3 is 2.56 bits per heavy atom. The number of ether oxygens (including phenoxy) is 2. The van der Waals surface area contributed by atoms with E-state index >= 15 is 0 Å². The van der Waals surface area contributed by atoms with E-state index in [4.69, 9.17) is 9.47 Å². The number of nitrogens with one attached hydrogen (secondary N) is 1. The molecule has 0 saturated carbocycles. The quantitative estimate of drug-likeness (QED) is 0.739. The molecular weight excluding hydrogens is 324 g/mol. The topological polar surface area (TPSA) is 102 Å². The van der Waals surface area contributed by atoms with E-state index in [9.17, 15) is 9.90 Å². The van der Waals surface area contributed by atoms with Gasteiger partial charge in [0.25, 0.3) is 0 Å². The second-order valence-corrected chi connectivity index (χ2v) is 5.43. The molecule has 3 rings (SSSR count). The summed E-state index contributed by atoms with van der Waals surface area (Å²) in [5, 5.41) is 16.8. The maximum Gasteiger partial charge on any atom is 0.340 e. The molecule has 0 aliphatic rings. The Morgan fingerprint density at radius 2 is 2.00 bits per heavy atom. The van der Waals surface area contributed by atoms with Crippen LogP contribution in [0, 0.1) is 13.8 Å². The first-order valence-corrected chi connectivity index (χ1v) is 7.53. The van der Waals surface area contributed by atoms with Crippen molar-refractivity contribution >= 4 is 5.97 Å². The van der Waals surface area contributed by atoms with Gasteiger partial charge < -0.3 is 14.6 Å². The van der Waals surface area contributed by atoms with Crippen molar-refractivity contribution in [3.8, 4) is 28.6 Å². The number of nitrogens with zero attached hydrogens (tertiary/aromatic N) is 3. The van der Waals surface area contributed by atoms with Crippen LogP contribution in [-0.2, 0) is 0 Å². The number of carboxylic acid groups (broad SMARTS) is 1. The van der Waals surface area contributed by atoms with Gasteiger partial charge in [0.2, 0.25) is 0 Å². The Labute approximate surface area is 144 Å². The van der Waals surface area contributed by atoms with E-state index in [0.29, 0.717) is 17.1 Å². The second kappa shape index (κ2) is 6.31. The van der Waals surface area contributed by atoms with Crippen LogP contribution >= 0.6 is 0 Å². The molecule has 0 amide bonds. The summed E-state index contributed by atoms with van der Waals surface area (Å²) >= 11 is 0. The lowest BCUT2D eigenvalue weighted by Crippen LogP contribution is -2.08. The molecule has 25 heavy (non-hydrogen) atoms. The van der Waals surface area contributed by atoms with Crippen molar-refractivity contribution < 1.29 is 19.4 Å². The summed E-state index contributed by atoms with van der Waals surface area (Å²) in [5.74, 6) is -0.146. The van der Waals surface area contributed by atoms with Crippen molar-refractivity contribution in [1.82, 2.24) is 19.7 Å². The van der Waals surface area contributed by atoms with Crippen LogP contribution in [0.2, 0.25) is 0 Å². The zero-order chi connectivity index (χ0) is 18.1. The predicted molar refractivity (Wildman–Crippen MR) is 90.7 cm³/mol. The fourth-order valence-corrected chi connectivity index (χ4v) is 2.91. The summed E-state index contributed by atoms with van der Waals surface area (Å²) in [5.41, 5.74) is 2.89. The average Bonchev–Trinajstić information content (AvgIpc) is 3.19. The minimum Gasteiger partial charge on any atom is -0.493 e. The van der Waals surface area contributed by atoms with Gasteiger partial charge in [-0.1, -0.05) is 0 Å². The van der Waals surface area contributed by atoms with Gasteiger partial charge >= 0.3 is 5.97 Å². The number of rotatable bonds is 5. The van der Waals surface area contributed by atoms with Crippen LogP contribution in [0.1, 0.15) is 21.7 Å². The summed E-state index contributed by atoms with van der Waals surface area (Å²) in [4.78, 5) is 16.3. The Balaban J connectivity index is 2.29. The van der Waals surface area contributed by atoms with Crippen LogP contribution < -0.4 is 9.47 Å². The minimum absolute atomic E-state index is 0.00639. The van der Waals surface area contributed by atoms with Crippen LogP contribution in [0.25, 0.3) is 17.1 Å². The monoisotopic (exact) mass is 342 g/mol. The van der Waals surface area contributed by atoms with Crippen molar-refractivity contribution in [2.24, 2.45) is 0 Å². The number of methoxy groups -OCH3 is 2. The highest BCUT2D eigenvalue weighted by Gasteiger charge is 2.25. The molecule has 2 aromatic heterocycles. The lowest BCUT2D eigenvalue weighted by Gasteiger charge is -2.15. The third-order valence-electron chi connectivity index (χ3n) is 3.97. The predicted octanol–water partition coefficient (Wildman–Crippen LogP) is 2.59. The largest absolute Gasteiger partial charge is 0.493 e. The van der Waals surface area contributed by atoms with Gasteiger partial charge in [-0.05, 0) is 26.0 Å². The highest BCUT2D eigenvalue weighted by Crippen LogP contribution is 2.38. The highest BCUT2D eigenvalue weighted by molar-refractivity contribution is 5.99. The van der Waals surface area contributed by atoms with Crippen molar-refractivity contribution in [3.63, 3.8) is 0 Å². The molecule has 1 aromatic carbocycles. The molecular formula is C17H18N4O4. The third-order valence-corrected chi connectivity index (χ3v) is 3.97. The molecule has 130 valence electrons. The first kappa shape index (κ1) is 16.6. The molecule has 3 aromatic rings. The van der Waals surface area contributed by atoms with Gasteiger partial charge in [0, 0.05) is 18.0 Å². The van der Waals surface area contributed by atoms with E-state index < -0.39 is 5.97 Å². The lowest BCUT2D eigenvalue weighted by atomic mass is 10.0. The summed E-state index contributed by atoms with van der Waals surface area (Å²) in [6.07, 6.45) is 3.38. The first-order valence-electron chi connectivity index (χ1n) is 7.53. The van der Waals surface area contributed by atoms with Gasteiger partial charge in [-0.3, -0.25) is 9.67 Å². The average molecular weight is 342 g/mol. The number of carbonyl (C=O) groups is 1. The molecule has 0 aliphatic carbocycles. The van der Waals surface area contributed by atoms with Gasteiger partial charge in [0.05, 0.1) is 31.3 Å². The van der Waals surface area contributed by atoms with Crippen LogP contribution in [0.5, 0.6) is 11.5 Å². The summed E-state index contributed by atoms with van der Waals surface area (Å²) in [6, 6.07) is 3.32. The zero-order valence-electron chi connectivity index (χ0n) is 14.3. The Kier molecular flexibility index (Phi) is 4.18. The van der Waals surface area contributed by atoms with Crippen molar-refractivity contribution in [2.45, 2.75) is 13.8 Å². The fraction of sp³-hybridized carbons (Fsp3) is 0.235. The van der Waals surface area contributed by atoms with Crippen molar-refractivity contribution in [1.29, 1.82) is 0 Å². The molecule has 8 heteroatoms. The molecule has 0 radical (unpaired) electrons. The SMILES string of the molecule is COc1ccc(-c2nccn2-c2c(C)n[nH]c2C)c(C(=O)O)c1OC. The molecule has 2 N–H and O–H groups in total. The molecule has 2 heterocycles. The number of carboxylic acids is 1. The highest BCUT2D eigenvalue weighted by atomic mass is 16.5. The Hall–Kier alpha value is -3.29. The van der Waals surface area contributed by atoms with E-state index in [0.717, 1.165) is 17.1 Å². The van der Waals surface area contributed by atoms with Crippen molar-refractivity contribution in [3.05, 3.63) is 41.5 Å². The fourth-order valence-electron chi connectivity index (χ4n) is 2.91. The molecule has 0 aliphatic heterocycles. The summed E-state index contributed by atoms with van der Waals surface area (Å²) in [6.45, 7) is 3.77. The van der Waals surface area contributed by atoms with Crippen LogP contribution in [0.4, 0.5) is 0 Å². The molecule has 0 unspecified atom stereocenters. The van der Waals surface area contributed by atoms with E-state index in [1.807, 2.05) is 18.4 Å². The lowest BCUT2D eigenvalue weighted by molar-refractivity contribution is 0.0693. The maximum atomic E-state index is 11.9. The number of H-pyrrole nitrogens is 1. The van der Waals surface area contributed by atoms with Gasteiger partial charge in [-0.15, -0.1) is 0 Å². The van der Waals surface area contributed by atoms with Crippen LogP contribution in [0.15, 0.2) is 24.5 Å². The normalized spacial score (nSPS) is 10.7. The summed E-state index contributed by atoms with van der Waals surface area (Å²) < 4.78 is 12.3. The van der Waals surface area contributed by atoms with E-state index in [-0.39, 0.29) is 11.3 Å². The first-order chi connectivity index (χ1) is 12.0. The van der Waals surface area contributed by atoms with Gasteiger partial charge in [0.15, 0.2) is 11.5 Å². The molecule has 0 saturated heterocycles. The van der Waals surface area contributed by atoms with Crippen LogP contribution in [-0.4, -0.2) is 45.0 Å². The maximum absolute atomic E-state index is 11.9. The number of aromatic amines is 1. The number of hydrogen-bond acceptors (Lipinski definition) is 5. The number of aromatic nitrogens is 4. The smallest absolute Gasteiger partial charge is 0.340 e. The zero-order valence-corrected chi connectivity index (χ0v) is 14.3. The van der Waals surface area contributed by atoms with E-state index in [2.05, 4.69) is 15.2 Å².